The van der Waals surface area contributed by atoms with Crippen LogP contribution in [-0.4, -0.2) is 17.7 Å². The van der Waals surface area contributed by atoms with Crippen LogP contribution in [0.15, 0.2) is 40.9 Å². The van der Waals surface area contributed by atoms with E-state index in [1.165, 1.54) is 0 Å². The summed E-state index contributed by atoms with van der Waals surface area (Å²) in [6.45, 7) is 5.05. The van der Waals surface area contributed by atoms with Gasteiger partial charge in [0.15, 0.2) is 0 Å². The molecule has 0 fully saturated rings. The van der Waals surface area contributed by atoms with Crippen molar-refractivity contribution in [3.63, 3.8) is 0 Å². The maximum Gasteiger partial charge on any atom is 0.335 e. The highest BCUT2D eigenvalue weighted by atomic mass is 79.9. The number of hydrogen-bond donors (Lipinski definition) is 2. The summed E-state index contributed by atoms with van der Waals surface area (Å²) in [5, 5.41) is 12.3. The van der Waals surface area contributed by atoms with Crippen molar-refractivity contribution < 1.29 is 14.6 Å². The SMILES string of the molecule is CCOc1ccc(Br)cc1CNc1ccc(C(=O)O)cc1C. The second-order valence-corrected chi connectivity index (χ2v) is 5.79. The first-order valence-electron chi connectivity index (χ1n) is 7.00. The standard InChI is InChI=1S/C17H18BrNO3/c1-3-22-16-7-5-14(18)9-13(16)10-19-15-6-4-12(17(20)21)8-11(15)2/h4-9,19H,3,10H2,1-2H3,(H,20,21). The zero-order valence-electron chi connectivity index (χ0n) is 12.5. The first kappa shape index (κ1) is 16.4. The number of carboxylic acid groups (broad SMARTS) is 1. The minimum Gasteiger partial charge on any atom is -0.494 e. The van der Waals surface area contributed by atoms with E-state index in [0.717, 1.165) is 27.0 Å². The Bertz CT molecular complexity index is 686. The fourth-order valence-electron chi connectivity index (χ4n) is 2.17. The molecular formula is C17H18BrNO3. The smallest absolute Gasteiger partial charge is 0.335 e. The lowest BCUT2D eigenvalue weighted by Gasteiger charge is -2.14. The molecule has 0 spiro atoms. The molecule has 0 bridgehead atoms. The Labute approximate surface area is 138 Å². The molecule has 0 atom stereocenters. The lowest BCUT2D eigenvalue weighted by molar-refractivity contribution is 0.0697. The average Bonchev–Trinajstić information content (AvgIpc) is 2.48. The molecule has 5 heteroatoms. The number of benzene rings is 2. The van der Waals surface area contributed by atoms with Crippen LogP contribution < -0.4 is 10.1 Å². The molecule has 2 N–H and O–H groups in total. The van der Waals surface area contributed by atoms with Gasteiger partial charge in [-0.05, 0) is 55.8 Å². The number of carbonyl (C=O) groups is 1. The number of nitrogens with one attached hydrogen (secondary N) is 1. The summed E-state index contributed by atoms with van der Waals surface area (Å²) in [6, 6.07) is 10.9. The number of aryl methyl sites for hydroxylation is 1. The predicted molar refractivity (Wildman–Crippen MR) is 90.8 cm³/mol. The van der Waals surface area contributed by atoms with Gasteiger partial charge in [0.05, 0.1) is 12.2 Å². The molecule has 0 unspecified atom stereocenters. The summed E-state index contributed by atoms with van der Waals surface area (Å²) in [4.78, 5) is 11.0. The van der Waals surface area contributed by atoms with Crippen LogP contribution in [0.5, 0.6) is 5.75 Å². The van der Waals surface area contributed by atoms with Crippen LogP contribution in [0.2, 0.25) is 0 Å². The Morgan fingerprint density at radius 1 is 1.27 bits per heavy atom. The fourth-order valence-corrected chi connectivity index (χ4v) is 2.58. The molecule has 0 radical (unpaired) electrons. The third-order valence-electron chi connectivity index (χ3n) is 3.27. The number of hydrogen-bond acceptors (Lipinski definition) is 3. The number of ether oxygens (including phenoxy) is 1. The van der Waals surface area contributed by atoms with Crippen LogP contribution in [0.1, 0.15) is 28.4 Å². The van der Waals surface area contributed by atoms with E-state index in [4.69, 9.17) is 9.84 Å². The molecule has 0 saturated carbocycles. The molecule has 0 aromatic heterocycles. The van der Waals surface area contributed by atoms with Gasteiger partial charge < -0.3 is 15.2 Å². The molecule has 0 aliphatic heterocycles. The lowest BCUT2D eigenvalue weighted by Crippen LogP contribution is -2.05. The van der Waals surface area contributed by atoms with Crippen LogP contribution >= 0.6 is 15.9 Å². The monoisotopic (exact) mass is 363 g/mol. The highest BCUT2D eigenvalue weighted by Crippen LogP contribution is 2.25. The number of carboxylic acids is 1. The van der Waals surface area contributed by atoms with Crippen LogP contribution in [0.4, 0.5) is 5.69 Å². The number of halogens is 1. The Morgan fingerprint density at radius 2 is 2.05 bits per heavy atom. The van der Waals surface area contributed by atoms with Gasteiger partial charge in [0.2, 0.25) is 0 Å². The van der Waals surface area contributed by atoms with E-state index in [-0.39, 0.29) is 0 Å². The Balaban J connectivity index is 2.16. The Morgan fingerprint density at radius 3 is 2.68 bits per heavy atom. The molecule has 0 aliphatic rings. The summed E-state index contributed by atoms with van der Waals surface area (Å²) < 4.78 is 6.61. The van der Waals surface area contributed by atoms with Crippen molar-refractivity contribution in [2.45, 2.75) is 20.4 Å². The summed E-state index contributed by atoms with van der Waals surface area (Å²) in [7, 11) is 0. The first-order valence-corrected chi connectivity index (χ1v) is 7.79. The van der Waals surface area contributed by atoms with Gasteiger partial charge in [-0.3, -0.25) is 0 Å². The normalized spacial score (nSPS) is 10.3. The van der Waals surface area contributed by atoms with Gasteiger partial charge in [0.1, 0.15) is 5.75 Å². The van der Waals surface area contributed by atoms with Crippen LogP contribution in [0, 0.1) is 6.92 Å². The van der Waals surface area contributed by atoms with Gasteiger partial charge in [-0.1, -0.05) is 15.9 Å². The topological polar surface area (TPSA) is 58.6 Å². The maximum atomic E-state index is 11.0. The van der Waals surface area contributed by atoms with Gasteiger partial charge in [0.25, 0.3) is 0 Å². The summed E-state index contributed by atoms with van der Waals surface area (Å²) in [6.07, 6.45) is 0. The summed E-state index contributed by atoms with van der Waals surface area (Å²) in [5.41, 5.74) is 3.14. The van der Waals surface area contributed by atoms with Gasteiger partial charge >= 0.3 is 5.97 Å². The van der Waals surface area contributed by atoms with Crippen molar-refractivity contribution >= 4 is 27.6 Å². The maximum absolute atomic E-state index is 11.0. The van der Waals surface area contributed by atoms with Crippen molar-refractivity contribution in [2.75, 3.05) is 11.9 Å². The van der Waals surface area contributed by atoms with Crippen molar-refractivity contribution in [1.29, 1.82) is 0 Å². The van der Waals surface area contributed by atoms with Crippen molar-refractivity contribution in [1.82, 2.24) is 0 Å². The molecule has 2 aromatic rings. The highest BCUT2D eigenvalue weighted by Gasteiger charge is 2.08. The highest BCUT2D eigenvalue weighted by molar-refractivity contribution is 9.10. The second kappa shape index (κ2) is 7.31. The molecular weight excluding hydrogens is 346 g/mol. The molecule has 0 heterocycles. The van der Waals surface area contributed by atoms with E-state index in [2.05, 4.69) is 21.2 Å². The zero-order chi connectivity index (χ0) is 16.1. The largest absolute Gasteiger partial charge is 0.494 e. The zero-order valence-corrected chi connectivity index (χ0v) is 14.1. The van der Waals surface area contributed by atoms with Gasteiger partial charge in [-0.2, -0.15) is 0 Å². The molecule has 2 rings (SSSR count). The second-order valence-electron chi connectivity index (χ2n) is 4.87. The van der Waals surface area contributed by atoms with E-state index in [1.807, 2.05) is 32.0 Å². The van der Waals surface area contributed by atoms with E-state index in [1.54, 1.807) is 18.2 Å². The molecule has 116 valence electrons. The van der Waals surface area contributed by atoms with Gasteiger partial charge in [0, 0.05) is 22.3 Å². The fraction of sp³-hybridized carbons (Fsp3) is 0.235. The number of rotatable bonds is 6. The minimum atomic E-state index is -0.916. The van der Waals surface area contributed by atoms with Crippen LogP contribution in [0.3, 0.4) is 0 Å². The van der Waals surface area contributed by atoms with Gasteiger partial charge in [-0.25, -0.2) is 4.79 Å². The van der Waals surface area contributed by atoms with Crippen LogP contribution in [-0.2, 0) is 6.54 Å². The van der Waals surface area contributed by atoms with Crippen molar-refractivity contribution in [2.24, 2.45) is 0 Å². The minimum absolute atomic E-state index is 0.292. The quantitative estimate of drug-likeness (QED) is 0.794. The Hall–Kier alpha value is -2.01. The molecule has 0 aliphatic carbocycles. The van der Waals surface area contributed by atoms with Crippen molar-refractivity contribution in [3.8, 4) is 5.75 Å². The third-order valence-corrected chi connectivity index (χ3v) is 3.76. The molecule has 4 nitrogen and oxygen atoms in total. The number of aromatic carboxylic acids is 1. The lowest BCUT2D eigenvalue weighted by atomic mass is 10.1. The average molecular weight is 364 g/mol. The molecule has 0 amide bonds. The van der Waals surface area contributed by atoms with Crippen LogP contribution in [0.25, 0.3) is 0 Å². The first-order chi connectivity index (χ1) is 10.5. The molecule has 0 saturated heterocycles. The molecule has 22 heavy (non-hydrogen) atoms. The summed E-state index contributed by atoms with van der Waals surface area (Å²) in [5.74, 6) is -0.0710. The number of anilines is 1. The third kappa shape index (κ3) is 4.01. The van der Waals surface area contributed by atoms with E-state index in [9.17, 15) is 4.79 Å². The van der Waals surface area contributed by atoms with E-state index >= 15 is 0 Å². The summed E-state index contributed by atoms with van der Waals surface area (Å²) >= 11 is 3.46. The van der Waals surface area contributed by atoms with E-state index < -0.39 is 5.97 Å². The Kier molecular flexibility index (Phi) is 5.44. The van der Waals surface area contributed by atoms with E-state index in [0.29, 0.717) is 18.7 Å². The van der Waals surface area contributed by atoms with Gasteiger partial charge in [-0.15, -0.1) is 0 Å². The molecule has 2 aromatic carbocycles. The van der Waals surface area contributed by atoms with Crippen molar-refractivity contribution in [3.05, 3.63) is 57.6 Å². The predicted octanol–water partition coefficient (Wildman–Crippen LogP) is 4.47.